The van der Waals surface area contributed by atoms with E-state index in [-0.39, 0.29) is 5.97 Å². The van der Waals surface area contributed by atoms with Crippen LogP contribution in [0.25, 0.3) is 0 Å². The number of aryl methyl sites for hydroxylation is 2. The quantitative estimate of drug-likeness (QED) is 0.761. The molecule has 0 N–H and O–H groups in total. The van der Waals surface area contributed by atoms with Crippen molar-refractivity contribution in [1.29, 1.82) is 0 Å². The van der Waals surface area contributed by atoms with E-state index in [9.17, 15) is 4.79 Å². The number of hydrogen-bond acceptors (Lipinski definition) is 2. The van der Waals surface area contributed by atoms with Gasteiger partial charge in [0.15, 0.2) is 0 Å². The van der Waals surface area contributed by atoms with Crippen LogP contribution < -0.4 is 0 Å². The Bertz CT molecular complexity index is 515. The second-order valence-electron chi connectivity index (χ2n) is 4.40. The van der Waals surface area contributed by atoms with Gasteiger partial charge in [-0.2, -0.15) is 0 Å². The van der Waals surface area contributed by atoms with Gasteiger partial charge in [-0.15, -0.1) is 0 Å². The van der Waals surface area contributed by atoms with Gasteiger partial charge in [0.25, 0.3) is 0 Å². The Balaban J connectivity index is 1.94. The van der Waals surface area contributed by atoms with Gasteiger partial charge in [-0.1, -0.05) is 42.5 Å². The van der Waals surface area contributed by atoms with E-state index in [0.717, 1.165) is 12.8 Å². The van der Waals surface area contributed by atoms with E-state index >= 15 is 0 Å². The lowest BCUT2D eigenvalue weighted by Gasteiger charge is -2.04. The van der Waals surface area contributed by atoms with Crippen LogP contribution >= 0.6 is 0 Å². The standard InChI is InChI=1S/C17H18O2/c1-2-19-17(18)16-12-10-15(11-13-16)9-8-14-6-4-3-5-7-14/h3-7,10-13H,2,8-9H2,1H3. The number of rotatable bonds is 5. The predicted molar refractivity (Wildman–Crippen MR) is 76.2 cm³/mol. The Labute approximate surface area is 114 Å². The number of ether oxygens (including phenoxy) is 1. The van der Waals surface area contributed by atoms with Crippen LogP contribution in [-0.2, 0) is 17.6 Å². The molecular formula is C17H18O2. The van der Waals surface area contributed by atoms with E-state index in [1.165, 1.54) is 11.1 Å². The molecule has 0 heterocycles. The summed E-state index contributed by atoms with van der Waals surface area (Å²) in [5, 5.41) is 0. The second kappa shape index (κ2) is 6.74. The fraction of sp³-hybridized carbons (Fsp3) is 0.235. The van der Waals surface area contributed by atoms with Crippen LogP contribution in [0.3, 0.4) is 0 Å². The molecule has 2 aromatic carbocycles. The summed E-state index contributed by atoms with van der Waals surface area (Å²) in [5.74, 6) is -0.253. The molecule has 0 amide bonds. The number of hydrogen-bond donors (Lipinski definition) is 0. The predicted octanol–water partition coefficient (Wildman–Crippen LogP) is 3.65. The van der Waals surface area contributed by atoms with E-state index < -0.39 is 0 Å². The van der Waals surface area contributed by atoms with Crippen LogP contribution in [0.5, 0.6) is 0 Å². The maximum Gasteiger partial charge on any atom is 0.338 e. The molecule has 0 aliphatic heterocycles. The van der Waals surface area contributed by atoms with E-state index in [2.05, 4.69) is 24.3 Å². The topological polar surface area (TPSA) is 26.3 Å². The Morgan fingerprint density at radius 2 is 1.47 bits per heavy atom. The number of carbonyl (C=O) groups is 1. The molecule has 0 unspecified atom stereocenters. The van der Waals surface area contributed by atoms with Gasteiger partial charge in [-0.3, -0.25) is 0 Å². The van der Waals surface area contributed by atoms with Crippen molar-refractivity contribution in [3.8, 4) is 0 Å². The summed E-state index contributed by atoms with van der Waals surface area (Å²) in [7, 11) is 0. The molecule has 2 aromatic rings. The first kappa shape index (κ1) is 13.3. The molecule has 0 aliphatic rings. The highest BCUT2D eigenvalue weighted by Gasteiger charge is 2.05. The lowest BCUT2D eigenvalue weighted by molar-refractivity contribution is 0.0526. The molecule has 2 rings (SSSR count). The van der Waals surface area contributed by atoms with Crippen molar-refractivity contribution in [3.05, 3.63) is 71.3 Å². The van der Waals surface area contributed by atoms with Gasteiger partial charge >= 0.3 is 5.97 Å². The zero-order valence-corrected chi connectivity index (χ0v) is 11.1. The molecule has 2 nitrogen and oxygen atoms in total. The van der Waals surface area contributed by atoms with Gasteiger partial charge in [0, 0.05) is 0 Å². The summed E-state index contributed by atoms with van der Waals surface area (Å²) in [6, 6.07) is 18.1. The Kier molecular flexibility index (Phi) is 4.73. The van der Waals surface area contributed by atoms with Crippen LogP contribution in [0.2, 0.25) is 0 Å². The largest absolute Gasteiger partial charge is 0.462 e. The van der Waals surface area contributed by atoms with E-state index in [1.807, 2.05) is 37.3 Å². The number of esters is 1. The Hall–Kier alpha value is -2.09. The second-order valence-corrected chi connectivity index (χ2v) is 4.40. The summed E-state index contributed by atoms with van der Waals surface area (Å²) < 4.78 is 4.96. The maximum atomic E-state index is 11.5. The van der Waals surface area contributed by atoms with Gasteiger partial charge in [-0.25, -0.2) is 4.79 Å². The molecule has 0 saturated carbocycles. The molecule has 2 heteroatoms. The molecule has 0 spiro atoms. The lowest BCUT2D eigenvalue weighted by Crippen LogP contribution is -2.04. The summed E-state index contributed by atoms with van der Waals surface area (Å²) in [6.07, 6.45) is 1.99. The first-order valence-electron chi connectivity index (χ1n) is 6.59. The molecule has 0 aromatic heterocycles. The molecule has 0 aliphatic carbocycles. The number of carbonyl (C=O) groups excluding carboxylic acids is 1. The highest BCUT2D eigenvalue weighted by Crippen LogP contribution is 2.10. The van der Waals surface area contributed by atoms with Crippen LogP contribution in [0.4, 0.5) is 0 Å². The highest BCUT2D eigenvalue weighted by atomic mass is 16.5. The van der Waals surface area contributed by atoms with E-state index in [0.29, 0.717) is 12.2 Å². The van der Waals surface area contributed by atoms with Crippen molar-refractivity contribution in [3.63, 3.8) is 0 Å². The van der Waals surface area contributed by atoms with Crippen molar-refractivity contribution < 1.29 is 9.53 Å². The summed E-state index contributed by atoms with van der Waals surface area (Å²) in [4.78, 5) is 11.5. The average molecular weight is 254 g/mol. The van der Waals surface area contributed by atoms with Crippen molar-refractivity contribution >= 4 is 5.97 Å². The first-order valence-corrected chi connectivity index (χ1v) is 6.59. The number of benzene rings is 2. The Morgan fingerprint density at radius 1 is 0.895 bits per heavy atom. The molecule has 0 atom stereocenters. The summed E-state index contributed by atoms with van der Waals surface area (Å²) in [5.41, 5.74) is 3.18. The third-order valence-electron chi connectivity index (χ3n) is 3.01. The van der Waals surface area contributed by atoms with Crippen LogP contribution in [0.1, 0.15) is 28.4 Å². The highest BCUT2D eigenvalue weighted by molar-refractivity contribution is 5.89. The van der Waals surface area contributed by atoms with Crippen LogP contribution in [0, 0.1) is 0 Å². The zero-order valence-electron chi connectivity index (χ0n) is 11.1. The van der Waals surface area contributed by atoms with Gasteiger partial charge in [0.05, 0.1) is 12.2 Å². The normalized spacial score (nSPS) is 10.2. The summed E-state index contributed by atoms with van der Waals surface area (Å²) >= 11 is 0. The van der Waals surface area contributed by atoms with Crippen molar-refractivity contribution in [2.45, 2.75) is 19.8 Å². The van der Waals surface area contributed by atoms with Crippen molar-refractivity contribution in [2.75, 3.05) is 6.61 Å². The lowest BCUT2D eigenvalue weighted by atomic mass is 10.0. The van der Waals surface area contributed by atoms with Gasteiger partial charge in [0.2, 0.25) is 0 Å². The van der Waals surface area contributed by atoms with E-state index in [4.69, 9.17) is 4.74 Å². The smallest absolute Gasteiger partial charge is 0.338 e. The molecule has 0 bridgehead atoms. The van der Waals surface area contributed by atoms with Gasteiger partial charge in [0.1, 0.15) is 0 Å². The van der Waals surface area contributed by atoms with Crippen LogP contribution in [0.15, 0.2) is 54.6 Å². The van der Waals surface area contributed by atoms with Crippen molar-refractivity contribution in [2.24, 2.45) is 0 Å². The average Bonchev–Trinajstić information content (AvgIpc) is 2.47. The molecular weight excluding hydrogens is 236 g/mol. The molecule has 0 radical (unpaired) electrons. The fourth-order valence-corrected chi connectivity index (χ4v) is 1.96. The zero-order chi connectivity index (χ0) is 13.5. The third kappa shape index (κ3) is 3.95. The first-order chi connectivity index (χ1) is 9.29. The third-order valence-corrected chi connectivity index (χ3v) is 3.01. The molecule has 0 fully saturated rings. The van der Waals surface area contributed by atoms with E-state index in [1.54, 1.807) is 0 Å². The minimum absolute atomic E-state index is 0.253. The minimum atomic E-state index is -0.253. The minimum Gasteiger partial charge on any atom is -0.462 e. The SMILES string of the molecule is CCOC(=O)c1ccc(CCc2ccccc2)cc1. The molecule has 98 valence electrons. The van der Waals surface area contributed by atoms with Crippen molar-refractivity contribution in [1.82, 2.24) is 0 Å². The fourth-order valence-electron chi connectivity index (χ4n) is 1.96. The van der Waals surface area contributed by atoms with Crippen LogP contribution in [-0.4, -0.2) is 12.6 Å². The molecule has 19 heavy (non-hydrogen) atoms. The maximum absolute atomic E-state index is 11.5. The molecule has 0 saturated heterocycles. The Morgan fingerprint density at radius 3 is 2.05 bits per heavy atom. The van der Waals surface area contributed by atoms with Gasteiger partial charge in [-0.05, 0) is 43.0 Å². The van der Waals surface area contributed by atoms with Gasteiger partial charge < -0.3 is 4.74 Å². The monoisotopic (exact) mass is 254 g/mol. The summed E-state index contributed by atoms with van der Waals surface area (Å²) in [6.45, 7) is 2.22.